The number of nitrogens with zero attached hydrogens (tertiary/aromatic N) is 2. The van der Waals surface area contributed by atoms with E-state index >= 15 is 0 Å². The number of aromatic nitrogens is 2. The average molecular weight is 312 g/mol. The van der Waals surface area contributed by atoms with Gasteiger partial charge in [-0.1, -0.05) is 17.7 Å². The molecule has 1 saturated carbocycles. The zero-order chi connectivity index (χ0) is 14.5. The highest BCUT2D eigenvalue weighted by Crippen LogP contribution is 2.38. The standard InChI is InChI=1S/C13H14ClN3O2S/c1-17-13(15)10(7-16-17)8-2-5-12(11(14)6-8)20(18,19)9-3-4-9/h2,5-7,9H,3-4,15H2,1H3. The van der Waals surface area contributed by atoms with E-state index in [1.54, 1.807) is 36.1 Å². The van der Waals surface area contributed by atoms with Crippen LogP contribution in [0.5, 0.6) is 0 Å². The molecule has 0 bridgehead atoms. The van der Waals surface area contributed by atoms with Crippen molar-refractivity contribution in [2.45, 2.75) is 23.0 Å². The summed E-state index contributed by atoms with van der Waals surface area (Å²) in [5.41, 5.74) is 7.41. The van der Waals surface area contributed by atoms with Crippen molar-refractivity contribution in [3.8, 4) is 11.1 Å². The number of nitrogens with two attached hydrogens (primary N) is 1. The molecule has 0 spiro atoms. The maximum absolute atomic E-state index is 12.2. The first kappa shape index (κ1) is 13.5. The molecule has 3 rings (SSSR count). The van der Waals surface area contributed by atoms with E-state index in [0.717, 1.165) is 24.0 Å². The molecule has 2 aromatic rings. The Labute approximate surface area is 122 Å². The quantitative estimate of drug-likeness (QED) is 0.943. The molecule has 20 heavy (non-hydrogen) atoms. The number of benzene rings is 1. The predicted molar refractivity (Wildman–Crippen MR) is 78.3 cm³/mol. The number of anilines is 1. The molecule has 1 fully saturated rings. The molecular weight excluding hydrogens is 298 g/mol. The molecule has 1 aliphatic carbocycles. The summed E-state index contributed by atoms with van der Waals surface area (Å²) in [6.45, 7) is 0. The Bertz CT molecular complexity index is 779. The Balaban J connectivity index is 2.06. The second-order valence-corrected chi connectivity index (χ2v) is 7.56. The first-order chi connectivity index (χ1) is 9.41. The smallest absolute Gasteiger partial charge is 0.182 e. The molecule has 7 heteroatoms. The first-order valence-electron chi connectivity index (χ1n) is 6.22. The van der Waals surface area contributed by atoms with Crippen LogP contribution in [0.3, 0.4) is 0 Å². The molecule has 5 nitrogen and oxygen atoms in total. The van der Waals surface area contributed by atoms with Crippen molar-refractivity contribution in [3.63, 3.8) is 0 Å². The highest BCUT2D eigenvalue weighted by Gasteiger charge is 2.38. The van der Waals surface area contributed by atoms with Gasteiger partial charge in [0.25, 0.3) is 0 Å². The number of nitrogen functional groups attached to an aromatic ring is 1. The lowest BCUT2D eigenvalue weighted by atomic mass is 10.1. The predicted octanol–water partition coefficient (Wildman–Crippen LogP) is 2.26. The summed E-state index contributed by atoms with van der Waals surface area (Å²) in [6, 6.07) is 4.90. The van der Waals surface area contributed by atoms with E-state index < -0.39 is 9.84 Å². The van der Waals surface area contributed by atoms with Crippen LogP contribution in [-0.4, -0.2) is 23.4 Å². The number of rotatable bonds is 3. The van der Waals surface area contributed by atoms with Gasteiger partial charge in [-0.25, -0.2) is 8.42 Å². The lowest BCUT2D eigenvalue weighted by Crippen LogP contribution is -2.07. The number of halogens is 1. The molecule has 0 atom stereocenters. The van der Waals surface area contributed by atoms with Crippen LogP contribution in [0, 0.1) is 0 Å². The number of hydrogen-bond acceptors (Lipinski definition) is 4. The molecule has 1 aliphatic rings. The number of hydrogen-bond donors (Lipinski definition) is 1. The summed E-state index contributed by atoms with van der Waals surface area (Å²) in [7, 11) is -1.54. The second kappa shape index (κ2) is 4.49. The summed E-state index contributed by atoms with van der Waals surface area (Å²) in [6.07, 6.45) is 3.07. The molecule has 0 radical (unpaired) electrons. The van der Waals surface area contributed by atoms with Gasteiger partial charge in [-0.05, 0) is 30.5 Å². The summed E-state index contributed by atoms with van der Waals surface area (Å²) >= 11 is 6.15. The van der Waals surface area contributed by atoms with Crippen molar-refractivity contribution in [2.24, 2.45) is 7.05 Å². The third-order valence-electron chi connectivity index (χ3n) is 3.50. The van der Waals surface area contributed by atoms with Gasteiger partial charge in [-0.2, -0.15) is 5.10 Å². The van der Waals surface area contributed by atoms with Crippen LogP contribution < -0.4 is 5.73 Å². The molecule has 0 amide bonds. The van der Waals surface area contributed by atoms with Crippen LogP contribution in [0.25, 0.3) is 11.1 Å². The zero-order valence-corrected chi connectivity index (χ0v) is 12.4. The minimum atomic E-state index is -3.28. The Morgan fingerprint density at radius 3 is 2.60 bits per heavy atom. The van der Waals surface area contributed by atoms with Gasteiger partial charge in [0, 0.05) is 12.6 Å². The molecular formula is C13H14ClN3O2S. The van der Waals surface area contributed by atoms with Gasteiger partial charge < -0.3 is 5.73 Å². The molecule has 1 aromatic heterocycles. The maximum atomic E-state index is 12.2. The molecule has 2 N–H and O–H groups in total. The normalized spacial score (nSPS) is 15.5. The van der Waals surface area contributed by atoms with Gasteiger partial charge in [0.2, 0.25) is 0 Å². The van der Waals surface area contributed by atoms with Crippen molar-refractivity contribution in [2.75, 3.05) is 5.73 Å². The Hall–Kier alpha value is -1.53. The highest BCUT2D eigenvalue weighted by molar-refractivity contribution is 7.92. The summed E-state index contributed by atoms with van der Waals surface area (Å²) in [4.78, 5) is 0.202. The van der Waals surface area contributed by atoms with Gasteiger partial charge >= 0.3 is 0 Å². The summed E-state index contributed by atoms with van der Waals surface area (Å²) < 4.78 is 26.0. The Kier molecular flexibility index (Phi) is 3.02. The van der Waals surface area contributed by atoms with Crippen molar-refractivity contribution in [1.82, 2.24) is 9.78 Å². The lowest BCUT2D eigenvalue weighted by molar-refractivity contribution is 0.595. The molecule has 1 heterocycles. The third kappa shape index (κ3) is 2.09. The van der Waals surface area contributed by atoms with E-state index in [0.29, 0.717) is 5.82 Å². The SMILES string of the molecule is Cn1ncc(-c2ccc(S(=O)(=O)C3CC3)c(Cl)c2)c1N. The molecule has 106 valence electrons. The second-order valence-electron chi connectivity index (χ2n) is 4.96. The van der Waals surface area contributed by atoms with Crippen molar-refractivity contribution in [1.29, 1.82) is 0 Å². The zero-order valence-electron chi connectivity index (χ0n) is 10.9. The van der Waals surface area contributed by atoms with Crippen LogP contribution in [0.4, 0.5) is 5.82 Å². The number of aryl methyl sites for hydroxylation is 1. The van der Waals surface area contributed by atoms with Gasteiger partial charge in [0.05, 0.1) is 21.4 Å². The van der Waals surface area contributed by atoms with E-state index in [1.165, 1.54) is 0 Å². The van der Waals surface area contributed by atoms with Gasteiger partial charge in [0.1, 0.15) is 5.82 Å². The fraction of sp³-hybridized carbons (Fsp3) is 0.308. The summed E-state index contributed by atoms with van der Waals surface area (Å²) in [5.74, 6) is 0.513. The molecule has 0 aliphatic heterocycles. The average Bonchev–Trinajstić information content (AvgIpc) is 3.18. The monoisotopic (exact) mass is 311 g/mol. The first-order valence-corrected chi connectivity index (χ1v) is 8.15. The lowest BCUT2D eigenvalue weighted by Gasteiger charge is -2.07. The van der Waals surface area contributed by atoms with E-state index in [2.05, 4.69) is 5.10 Å². The minimum absolute atomic E-state index is 0.202. The topological polar surface area (TPSA) is 78.0 Å². The highest BCUT2D eigenvalue weighted by atomic mass is 35.5. The van der Waals surface area contributed by atoms with E-state index in [1.807, 2.05) is 0 Å². The van der Waals surface area contributed by atoms with Crippen molar-refractivity contribution >= 4 is 27.3 Å². The van der Waals surface area contributed by atoms with Crippen LogP contribution in [0.2, 0.25) is 5.02 Å². The molecule has 0 unspecified atom stereocenters. The number of sulfone groups is 1. The largest absolute Gasteiger partial charge is 0.383 e. The van der Waals surface area contributed by atoms with Gasteiger partial charge in [0.15, 0.2) is 9.84 Å². The van der Waals surface area contributed by atoms with E-state index in [-0.39, 0.29) is 15.2 Å². The Morgan fingerprint density at radius 1 is 1.40 bits per heavy atom. The molecule has 0 saturated heterocycles. The van der Waals surface area contributed by atoms with Gasteiger partial charge in [-0.15, -0.1) is 0 Å². The van der Waals surface area contributed by atoms with Crippen LogP contribution in [0.1, 0.15) is 12.8 Å². The maximum Gasteiger partial charge on any atom is 0.182 e. The van der Waals surface area contributed by atoms with Crippen molar-refractivity contribution in [3.05, 3.63) is 29.4 Å². The van der Waals surface area contributed by atoms with Crippen LogP contribution >= 0.6 is 11.6 Å². The van der Waals surface area contributed by atoms with Crippen LogP contribution in [0.15, 0.2) is 29.3 Å². The Morgan fingerprint density at radius 2 is 2.10 bits per heavy atom. The molecule has 1 aromatic carbocycles. The van der Waals surface area contributed by atoms with Gasteiger partial charge in [-0.3, -0.25) is 4.68 Å². The summed E-state index contributed by atoms with van der Waals surface area (Å²) in [5, 5.41) is 4.03. The van der Waals surface area contributed by atoms with Crippen molar-refractivity contribution < 1.29 is 8.42 Å². The fourth-order valence-corrected chi connectivity index (χ4v) is 4.33. The minimum Gasteiger partial charge on any atom is -0.383 e. The third-order valence-corrected chi connectivity index (χ3v) is 6.24. The van der Waals surface area contributed by atoms with Crippen LogP contribution in [-0.2, 0) is 16.9 Å². The van der Waals surface area contributed by atoms with E-state index in [4.69, 9.17) is 17.3 Å². The van der Waals surface area contributed by atoms with E-state index in [9.17, 15) is 8.42 Å². The fourth-order valence-electron chi connectivity index (χ4n) is 2.13.